The van der Waals surface area contributed by atoms with Gasteiger partial charge in [0.2, 0.25) is 5.95 Å². The minimum absolute atomic E-state index is 0.0192. The maximum absolute atomic E-state index is 10.5. The molecule has 1 fully saturated rings. The topological polar surface area (TPSA) is 140 Å². The fourth-order valence-corrected chi connectivity index (χ4v) is 2.36. The Morgan fingerprint density at radius 1 is 1.52 bits per heavy atom. The summed E-state index contributed by atoms with van der Waals surface area (Å²) in [5.74, 6) is 2.14. The number of aliphatic hydroxyl groups excluding tert-OH is 2. The lowest BCUT2D eigenvalue weighted by molar-refractivity contribution is -0.0721. The number of nitrogens with two attached hydrogens (primary N) is 1. The molecule has 0 saturated carbocycles. The molecule has 0 radical (unpaired) electrons. The van der Waals surface area contributed by atoms with Crippen LogP contribution in [0.2, 0.25) is 0 Å². The van der Waals surface area contributed by atoms with E-state index in [4.69, 9.17) is 16.9 Å². The molecule has 0 aliphatic carbocycles. The number of hydrogen-bond acceptors (Lipinski definition) is 8. The van der Waals surface area contributed by atoms with Crippen molar-refractivity contribution in [3.8, 4) is 12.3 Å². The third kappa shape index (κ3) is 1.85. The first-order chi connectivity index (χ1) is 10.0. The van der Waals surface area contributed by atoms with Crippen molar-refractivity contribution in [1.29, 1.82) is 0 Å². The molecule has 3 heterocycles. The van der Waals surface area contributed by atoms with Crippen LogP contribution in [0.5, 0.6) is 0 Å². The summed E-state index contributed by atoms with van der Waals surface area (Å²) in [7, 11) is 0. The zero-order valence-corrected chi connectivity index (χ0v) is 10.8. The highest BCUT2D eigenvalue weighted by molar-refractivity contribution is 5.70. The van der Waals surface area contributed by atoms with E-state index in [2.05, 4.69) is 20.9 Å². The van der Waals surface area contributed by atoms with E-state index >= 15 is 0 Å². The molecule has 2 aromatic rings. The molecule has 0 spiro atoms. The minimum Gasteiger partial charge on any atom is -0.394 e. The molecule has 1 aliphatic rings. The number of fused-ring (bicyclic) bond motifs is 1. The van der Waals surface area contributed by atoms with Gasteiger partial charge in [0.1, 0.15) is 17.7 Å². The molecule has 9 nitrogen and oxygen atoms in total. The summed E-state index contributed by atoms with van der Waals surface area (Å²) >= 11 is 0. The zero-order valence-electron chi connectivity index (χ0n) is 10.8. The van der Waals surface area contributed by atoms with Crippen LogP contribution < -0.4 is 5.73 Å². The first kappa shape index (κ1) is 13.7. The van der Waals surface area contributed by atoms with Gasteiger partial charge in [-0.2, -0.15) is 4.98 Å². The molecule has 1 aliphatic heterocycles. The predicted molar refractivity (Wildman–Crippen MR) is 70.5 cm³/mol. The standard InChI is InChI=1S/C12H13N5O4/c1-2-12(20)8(19)7(4-18)21-10(12)17-5-15-6-3-14-11(13)16-9(6)17/h1,3,5,7-8,10,18-20H,4H2,(H2,13,14,16)/t7-,8?,10-,12-/m1/s1. The van der Waals surface area contributed by atoms with Crippen LogP contribution in [0.3, 0.4) is 0 Å². The third-order valence-corrected chi connectivity index (χ3v) is 3.48. The molecule has 1 unspecified atom stereocenters. The number of hydrogen-bond donors (Lipinski definition) is 4. The quantitative estimate of drug-likeness (QED) is 0.467. The molecular formula is C12H13N5O4. The zero-order chi connectivity index (χ0) is 15.2. The van der Waals surface area contributed by atoms with Crippen LogP contribution in [0.25, 0.3) is 11.2 Å². The molecular weight excluding hydrogens is 278 g/mol. The molecule has 0 aromatic carbocycles. The molecule has 0 amide bonds. The first-order valence-electron chi connectivity index (χ1n) is 6.11. The summed E-state index contributed by atoms with van der Waals surface area (Å²) < 4.78 is 6.80. The Bertz CT molecular complexity index is 726. The Morgan fingerprint density at radius 3 is 2.95 bits per heavy atom. The van der Waals surface area contributed by atoms with Gasteiger partial charge < -0.3 is 25.8 Å². The number of anilines is 1. The van der Waals surface area contributed by atoms with Crippen molar-refractivity contribution in [3.05, 3.63) is 12.5 Å². The van der Waals surface area contributed by atoms with E-state index < -0.39 is 30.6 Å². The van der Waals surface area contributed by atoms with Crippen LogP contribution in [-0.4, -0.2) is 59.3 Å². The molecule has 9 heteroatoms. The van der Waals surface area contributed by atoms with E-state index in [9.17, 15) is 15.3 Å². The van der Waals surface area contributed by atoms with E-state index in [0.29, 0.717) is 11.2 Å². The van der Waals surface area contributed by atoms with Gasteiger partial charge in [-0.05, 0) is 0 Å². The SMILES string of the molecule is C#C[C@@]1(O)C(O)[C@@H](CO)O[C@H]1n1cnc2cnc(N)nc21. The van der Waals surface area contributed by atoms with Crippen molar-refractivity contribution in [3.63, 3.8) is 0 Å². The van der Waals surface area contributed by atoms with Crippen LogP contribution in [0.4, 0.5) is 5.95 Å². The van der Waals surface area contributed by atoms with E-state index in [1.54, 1.807) is 0 Å². The molecule has 5 N–H and O–H groups in total. The van der Waals surface area contributed by atoms with Gasteiger partial charge in [0.05, 0.1) is 19.1 Å². The fraction of sp³-hybridized carbons (Fsp3) is 0.417. The van der Waals surface area contributed by atoms with Gasteiger partial charge in [-0.25, -0.2) is 9.97 Å². The van der Waals surface area contributed by atoms with Gasteiger partial charge in [0, 0.05) is 0 Å². The number of aliphatic hydroxyl groups is 3. The minimum atomic E-state index is -2.03. The monoisotopic (exact) mass is 291 g/mol. The Labute approximate surface area is 119 Å². The van der Waals surface area contributed by atoms with Crippen LogP contribution in [0.15, 0.2) is 12.5 Å². The van der Waals surface area contributed by atoms with Gasteiger partial charge in [0.25, 0.3) is 0 Å². The highest BCUT2D eigenvalue weighted by Gasteiger charge is 2.55. The molecule has 110 valence electrons. The molecule has 3 rings (SSSR count). The van der Waals surface area contributed by atoms with Crippen LogP contribution in [-0.2, 0) is 4.74 Å². The largest absolute Gasteiger partial charge is 0.394 e. The van der Waals surface area contributed by atoms with E-state index in [-0.39, 0.29) is 5.95 Å². The Balaban J connectivity index is 2.13. The molecule has 2 aromatic heterocycles. The van der Waals surface area contributed by atoms with Crippen molar-refractivity contribution in [2.75, 3.05) is 12.3 Å². The second-order valence-electron chi connectivity index (χ2n) is 4.71. The summed E-state index contributed by atoms with van der Waals surface area (Å²) in [4.78, 5) is 11.9. The van der Waals surface area contributed by atoms with Crippen LogP contribution >= 0.6 is 0 Å². The molecule has 0 bridgehead atoms. The number of nitrogen functional groups attached to an aromatic ring is 1. The Kier molecular flexibility index (Phi) is 3.03. The van der Waals surface area contributed by atoms with Crippen molar-refractivity contribution >= 4 is 17.1 Å². The van der Waals surface area contributed by atoms with E-state index in [1.807, 2.05) is 0 Å². The van der Waals surface area contributed by atoms with Gasteiger partial charge in [0.15, 0.2) is 17.5 Å². The number of imidazole rings is 1. The Hall–Kier alpha value is -2.25. The third-order valence-electron chi connectivity index (χ3n) is 3.48. The van der Waals surface area contributed by atoms with Gasteiger partial charge >= 0.3 is 0 Å². The van der Waals surface area contributed by atoms with Gasteiger partial charge in [-0.15, -0.1) is 6.42 Å². The smallest absolute Gasteiger partial charge is 0.222 e. The maximum atomic E-state index is 10.5. The summed E-state index contributed by atoms with van der Waals surface area (Å²) in [5.41, 5.74) is 4.23. The summed E-state index contributed by atoms with van der Waals surface area (Å²) in [6.07, 6.45) is 4.46. The summed E-state index contributed by atoms with van der Waals surface area (Å²) in [6.45, 7) is -0.495. The first-order valence-corrected chi connectivity index (χ1v) is 6.11. The number of aromatic nitrogens is 4. The number of terminal acetylenes is 1. The van der Waals surface area contributed by atoms with E-state index in [0.717, 1.165) is 0 Å². The lowest BCUT2D eigenvalue weighted by Crippen LogP contribution is -2.45. The van der Waals surface area contributed by atoms with Crippen molar-refractivity contribution in [2.45, 2.75) is 24.0 Å². The maximum Gasteiger partial charge on any atom is 0.222 e. The predicted octanol–water partition coefficient (Wildman–Crippen LogP) is -1.98. The Morgan fingerprint density at radius 2 is 2.29 bits per heavy atom. The van der Waals surface area contributed by atoms with E-state index in [1.165, 1.54) is 17.1 Å². The summed E-state index contributed by atoms with van der Waals surface area (Å²) in [6, 6.07) is 0. The van der Waals surface area contributed by atoms with Gasteiger partial charge in [-0.3, -0.25) is 4.57 Å². The number of nitrogens with zero attached hydrogens (tertiary/aromatic N) is 4. The van der Waals surface area contributed by atoms with Gasteiger partial charge in [-0.1, -0.05) is 5.92 Å². The lowest BCUT2D eigenvalue weighted by Gasteiger charge is -2.26. The summed E-state index contributed by atoms with van der Waals surface area (Å²) in [5, 5.41) is 29.7. The average Bonchev–Trinajstić information content (AvgIpc) is 2.99. The van der Waals surface area contributed by atoms with Crippen LogP contribution in [0.1, 0.15) is 6.23 Å². The van der Waals surface area contributed by atoms with Crippen molar-refractivity contribution in [2.24, 2.45) is 0 Å². The second-order valence-corrected chi connectivity index (χ2v) is 4.71. The number of ether oxygens (including phenoxy) is 1. The average molecular weight is 291 g/mol. The van der Waals surface area contributed by atoms with Crippen molar-refractivity contribution in [1.82, 2.24) is 19.5 Å². The molecule has 1 saturated heterocycles. The highest BCUT2D eigenvalue weighted by atomic mass is 16.6. The number of rotatable bonds is 2. The van der Waals surface area contributed by atoms with Crippen molar-refractivity contribution < 1.29 is 20.1 Å². The lowest BCUT2D eigenvalue weighted by atomic mass is 9.95. The molecule has 21 heavy (non-hydrogen) atoms. The normalized spacial score (nSPS) is 32.4. The second kappa shape index (κ2) is 4.64. The fourth-order valence-electron chi connectivity index (χ4n) is 2.36. The highest BCUT2D eigenvalue weighted by Crippen LogP contribution is 2.39. The van der Waals surface area contributed by atoms with Crippen LogP contribution in [0, 0.1) is 12.3 Å². The molecule has 4 atom stereocenters.